The Morgan fingerprint density at radius 2 is 1.83 bits per heavy atom. The first-order valence-corrected chi connectivity index (χ1v) is 18.2. The van der Waals surface area contributed by atoms with Crippen molar-refractivity contribution < 1.29 is 33.3 Å². The van der Waals surface area contributed by atoms with Gasteiger partial charge in [0.25, 0.3) is 5.91 Å². The van der Waals surface area contributed by atoms with Crippen molar-refractivity contribution in [1.29, 1.82) is 0 Å². The molecule has 3 amide bonds. The SMILES string of the molecule is C#CCCOCCOCCN(CCCNC(=O)c1ccc(Nc2ncc3c(n2)N(C2CCCC2)[C@H](CC)C(=O)N3C)c(OC)c1)C(=O)OC(C)(C)C. The van der Waals surface area contributed by atoms with Crippen molar-refractivity contribution in [3.05, 3.63) is 30.0 Å². The molecule has 1 aromatic heterocycles. The van der Waals surface area contributed by atoms with Crippen molar-refractivity contribution in [1.82, 2.24) is 20.2 Å². The van der Waals surface area contributed by atoms with Crippen molar-refractivity contribution >= 4 is 41.0 Å². The van der Waals surface area contributed by atoms with E-state index in [0.717, 1.165) is 31.5 Å². The Labute approximate surface area is 307 Å². The van der Waals surface area contributed by atoms with Gasteiger partial charge >= 0.3 is 6.09 Å². The molecule has 1 aromatic carbocycles. The number of amides is 3. The third-order valence-electron chi connectivity index (χ3n) is 8.93. The van der Waals surface area contributed by atoms with Crippen LogP contribution in [-0.2, 0) is 19.0 Å². The minimum atomic E-state index is -0.646. The van der Waals surface area contributed by atoms with Gasteiger partial charge < -0.3 is 44.3 Å². The zero-order valence-corrected chi connectivity index (χ0v) is 31.5. The fraction of sp³-hybridized carbons (Fsp3) is 0.605. The first-order valence-electron chi connectivity index (χ1n) is 18.2. The third kappa shape index (κ3) is 10.9. The maximum atomic E-state index is 13.2. The number of methoxy groups -OCH3 is 1. The molecule has 14 nitrogen and oxygen atoms in total. The van der Waals surface area contributed by atoms with Gasteiger partial charge in [-0.2, -0.15) is 4.98 Å². The molecule has 0 spiro atoms. The number of carbonyl (C=O) groups excluding carboxylic acids is 3. The molecule has 1 aliphatic carbocycles. The zero-order chi connectivity index (χ0) is 37.7. The Morgan fingerprint density at radius 1 is 1.10 bits per heavy atom. The second-order valence-electron chi connectivity index (χ2n) is 13.9. The van der Waals surface area contributed by atoms with Crippen molar-refractivity contribution in [2.45, 2.75) is 90.3 Å². The van der Waals surface area contributed by atoms with E-state index in [1.54, 1.807) is 41.2 Å². The first kappa shape index (κ1) is 40.2. The second-order valence-corrected chi connectivity index (χ2v) is 13.9. The fourth-order valence-electron chi connectivity index (χ4n) is 6.32. The van der Waals surface area contributed by atoms with E-state index in [2.05, 4.69) is 26.4 Å². The van der Waals surface area contributed by atoms with Gasteiger partial charge in [-0.1, -0.05) is 19.8 Å². The summed E-state index contributed by atoms with van der Waals surface area (Å²) >= 11 is 0. The van der Waals surface area contributed by atoms with Gasteiger partial charge in [0, 0.05) is 44.7 Å². The minimum absolute atomic E-state index is 0.0573. The molecule has 1 fully saturated rings. The molecule has 0 saturated heterocycles. The fourth-order valence-corrected chi connectivity index (χ4v) is 6.32. The minimum Gasteiger partial charge on any atom is -0.495 e. The number of aromatic nitrogens is 2. The van der Waals surface area contributed by atoms with Crippen LogP contribution in [0.2, 0.25) is 0 Å². The summed E-state index contributed by atoms with van der Waals surface area (Å²) < 4.78 is 22.2. The van der Waals surface area contributed by atoms with E-state index in [4.69, 9.17) is 30.4 Å². The molecule has 0 radical (unpaired) electrons. The highest BCUT2D eigenvalue weighted by Crippen LogP contribution is 2.40. The zero-order valence-electron chi connectivity index (χ0n) is 31.5. The smallest absolute Gasteiger partial charge is 0.410 e. The lowest BCUT2D eigenvalue weighted by Gasteiger charge is -2.43. The molecule has 284 valence electrons. The van der Waals surface area contributed by atoms with Crippen molar-refractivity contribution in [2.24, 2.45) is 0 Å². The number of benzene rings is 1. The lowest BCUT2D eigenvalue weighted by molar-refractivity contribution is -0.120. The number of hydrogen-bond donors (Lipinski definition) is 2. The number of nitrogens with zero attached hydrogens (tertiary/aromatic N) is 5. The quantitative estimate of drug-likeness (QED) is 0.156. The number of hydrogen-bond acceptors (Lipinski definition) is 11. The molecule has 1 aliphatic heterocycles. The summed E-state index contributed by atoms with van der Waals surface area (Å²) in [6.07, 6.45) is 12.5. The van der Waals surface area contributed by atoms with E-state index in [9.17, 15) is 14.4 Å². The highest BCUT2D eigenvalue weighted by Gasteiger charge is 2.41. The number of anilines is 4. The van der Waals surface area contributed by atoms with Crippen molar-refractivity contribution in [3.63, 3.8) is 0 Å². The summed E-state index contributed by atoms with van der Waals surface area (Å²) in [5.41, 5.74) is 1.04. The van der Waals surface area contributed by atoms with E-state index in [-0.39, 0.29) is 23.9 Å². The predicted octanol–water partition coefficient (Wildman–Crippen LogP) is 5.15. The van der Waals surface area contributed by atoms with Crippen molar-refractivity contribution in [3.8, 4) is 18.1 Å². The molecular formula is C38H55N7O7. The van der Waals surface area contributed by atoms with Crippen LogP contribution < -0.4 is 25.2 Å². The van der Waals surface area contributed by atoms with E-state index in [1.165, 1.54) is 7.11 Å². The van der Waals surface area contributed by atoms with Crippen LogP contribution in [0.4, 0.5) is 27.9 Å². The van der Waals surface area contributed by atoms with Gasteiger partial charge in [0.2, 0.25) is 11.9 Å². The van der Waals surface area contributed by atoms with Crippen molar-refractivity contribution in [2.75, 3.05) is 75.3 Å². The average molecular weight is 722 g/mol. The summed E-state index contributed by atoms with van der Waals surface area (Å²) in [7, 11) is 3.31. The third-order valence-corrected chi connectivity index (χ3v) is 8.93. The maximum Gasteiger partial charge on any atom is 0.410 e. The summed E-state index contributed by atoms with van der Waals surface area (Å²) in [6, 6.07) is 5.09. The molecule has 52 heavy (non-hydrogen) atoms. The largest absolute Gasteiger partial charge is 0.495 e. The monoisotopic (exact) mass is 721 g/mol. The van der Waals surface area contributed by atoms with Gasteiger partial charge in [0.1, 0.15) is 23.1 Å². The van der Waals surface area contributed by atoms with Crippen LogP contribution in [0.15, 0.2) is 24.4 Å². The molecular weight excluding hydrogens is 666 g/mol. The van der Waals surface area contributed by atoms with Crippen LogP contribution in [0.25, 0.3) is 0 Å². The lowest BCUT2D eigenvalue weighted by atomic mass is 10.0. The molecule has 2 N–H and O–H groups in total. The Kier molecular flexibility index (Phi) is 14.9. The van der Waals surface area contributed by atoms with Crippen LogP contribution in [-0.4, -0.2) is 111 Å². The number of likely N-dealkylation sites (N-methyl/N-ethyl adjacent to an activating group) is 1. The Balaban J connectivity index is 1.35. The normalized spacial score (nSPS) is 15.9. The van der Waals surface area contributed by atoms with Gasteiger partial charge in [-0.05, 0) is 64.7 Å². The molecule has 2 aliphatic rings. The van der Waals surface area contributed by atoms with Crippen LogP contribution in [0.3, 0.4) is 0 Å². The Morgan fingerprint density at radius 3 is 2.50 bits per heavy atom. The van der Waals surface area contributed by atoms with Gasteiger partial charge in [0.05, 0.1) is 45.4 Å². The Hall–Kier alpha value is -4.61. The van der Waals surface area contributed by atoms with Gasteiger partial charge in [-0.15, -0.1) is 12.3 Å². The topological polar surface area (TPSA) is 148 Å². The standard InChI is InChI=1S/C38H55N7O7/c1-8-10-21-50-23-24-51-22-20-44(37(48)52-38(3,4)5)19-13-18-39-34(46)27-16-17-29(32(25-27)49-7)41-36-40-26-31-33(42-36)45(28-14-11-12-15-28)30(9-2)35(47)43(31)6/h1,16-17,25-26,28,30H,9-15,18-24H2,2-7H3,(H,39,46)(H,40,41,42)/t30-/m1/s1. The first-order chi connectivity index (χ1) is 25.0. The number of terminal acetylenes is 1. The van der Waals surface area contributed by atoms with Crippen LogP contribution in [0.1, 0.15) is 83.0 Å². The molecule has 4 rings (SSSR count). The molecule has 1 saturated carbocycles. The molecule has 14 heteroatoms. The van der Waals surface area contributed by atoms with E-state index in [1.807, 2.05) is 27.7 Å². The van der Waals surface area contributed by atoms with Crippen LogP contribution >= 0.6 is 0 Å². The summed E-state index contributed by atoms with van der Waals surface area (Å²) in [4.78, 5) is 54.1. The molecule has 2 heterocycles. The number of carbonyl (C=O) groups is 3. The number of rotatable bonds is 18. The second kappa shape index (κ2) is 19.3. The lowest BCUT2D eigenvalue weighted by Crippen LogP contribution is -2.55. The van der Waals surface area contributed by atoms with Gasteiger partial charge in [-0.3, -0.25) is 9.59 Å². The summed E-state index contributed by atoms with van der Waals surface area (Å²) in [5, 5.41) is 6.18. The molecule has 0 unspecified atom stereocenters. The Bertz CT molecular complexity index is 1550. The highest BCUT2D eigenvalue weighted by atomic mass is 16.6. The summed E-state index contributed by atoms with van der Waals surface area (Å²) in [5.74, 6) is 3.85. The molecule has 1 atom stereocenters. The van der Waals surface area contributed by atoms with E-state index < -0.39 is 11.7 Å². The van der Waals surface area contributed by atoms with Gasteiger partial charge in [-0.25, -0.2) is 9.78 Å². The van der Waals surface area contributed by atoms with Gasteiger partial charge in [0.15, 0.2) is 5.82 Å². The number of fused-ring (bicyclic) bond motifs is 1. The van der Waals surface area contributed by atoms with Crippen LogP contribution in [0.5, 0.6) is 5.75 Å². The average Bonchev–Trinajstić information content (AvgIpc) is 3.65. The number of nitrogens with one attached hydrogen (secondary N) is 2. The van der Waals surface area contributed by atoms with E-state index >= 15 is 0 Å². The number of ether oxygens (including phenoxy) is 4. The van der Waals surface area contributed by atoms with Crippen LogP contribution in [0, 0.1) is 12.3 Å². The van der Waals surface area contributed by atoms with E-state index in [0.29, 0.717) is 94.0 Å². The molecule has 0 bridgehead atoms. The summed E-state index contributed by atoms with van der Waals surface area (Å²) in [6.45, 7) is 10.1. The molecule has 2 aromatic rings. The maximum absolute atomic E-state index is 13.2. The highest BCUT2D eigenvalue weighted by molar-refractivity contribution is 6.04. The predicted molar refractivity (Wildman–Crippen MR) is 200 cm³/mol.